The highest BCUT2D eigenvalue weighted by Crippen LogP contribution is 2.37. The van der Waals surface area contributed by atoms with Gasteiger partial charge in [-0.2, -0.15) is 0 Å². The maximum Gasteiger partial charge on any atom is -0.0133 e. The highest BCUT2D eigenvalue weighted by Gasteiger charge is 2.24. The van der Waals surface area contributed by atoms with E-state index in [0.29, 0.717) is 0 Å². The van der Waals surface area contributed by atoms with E-state index < -0.39 is 0 Å². The lowest BCUT2D eigenvalue weighted by Gasteiger charge is -2.27. The van der Waals surface area contributed by atoms with Crippen LogP contribution in [0.25, 0.3) is 0 Å². The highest BCUT2D eigenvalue weighted by molar-refractivity contribution is 5.35. The molecule has 2 atom stereocenters. The van der Waals surface area contributed by atoms with Crippen molar-refractivity contribution in [2.75, 3.05) is 0 Å². The van der Waals surface area contributed by atoms with Crippen LogP contribution in [-0.2, 0) is 19.3 Å². The second kappa shape index (κ2) is 9.40. The summed E-state index contributed by atoms with van der Waals surface area (Å²) in [7, 11) is 0. The molecule has 2 aliphatic carbocycles. The summed E-state index contributed by atoms with van der Waals surface area (Å²) in [4.78, 5) is 0. The van der Waals surface area contributed by atoms with Crippen LogP contribution in [0.2, 0.25) is 0 Å². The van der Waals surface area contributed by atoms with Gasteiger partial charge in [0, 0.05) is 0 Å². The van der Waals surface area contributed by atoms with Gasteiger partial charge in [0.25, 0.3) is 0 Å². The minimum atomic E-state index is 0. The molecule has 2 unspecified atom stereocenters. The van der Waals surface area contributed by atoms with Gasteiger partial charge in [-0.3, -0.25) is 0 Å². The summed E-state index contributed by atoms with van der Waals surface area (Å²) in [5, 5.41) is 0. The van der Waals surface area contributed by atoms with Gasteiger partial charge in [0.1, 0.15) is 0 Å². The Morgan fingerprint density at radius 1 is 0.692 bits per heavy atom. The molecule has 0 aliphatic heterocycles. The quantitative estimate of drug-likeness (QED) is 0.527. The maximum absolute atomic E-state index is 2.35. The van der Waals surface area contributed by atoms with E-state index >= 15 is 0 Å². The normalized spacial score (nSPS) is 20.7. The third kappa shape index (κ3) is 4.78. The Labute approximate surface area is 162 Å². The molecule has 4 rings (SSSR count). The molecule has 0 amide bonds. The van der Waals surface area contributed by atoms with Crippen LogP contribution in [-0.4, -0.2) is 0 Å². The smallest absolute Gasteiger partial charge is 0.0133 e. The van der Waals surface area contributed by atoms with E-state index in [1.165, 1.54) is 32.1 Å². The third-order valence-electron chi connectivity index (χ3n) is 6.31. The van der Waals surface area contributed by atoms with Gasteiger partial charge in [-0.05, 0) is 78.0 Å². The maximum atomic E-state index is 2.35. The van der Waals surface area contributed by atoms with Crippen LogP contribution in [0.5, 0.6) is 0 Å². The molecule has 0 saturated carbocycles. The van der Waals surface area contributed by atoms with E-state index in [4.69, 9.17) is 0 Å². The van der Waals surface area contributed by atoms with Crippen LogP contribution in [0.4, 0.5) is 0 Å². The Morgan fingerprint density at radius 3 is 1.92 bits per heavy atom. The minimum Gasteiger partial charge on any atom is -0.0776 e. The zero-order valence-electron chi connectivity index (χ0n) is 16.5. The lowest BCUT2D eigenvalue weighted by molar-refractivity contribution is 0.343. The first-order valence-electron chi connectivity index (χ1n) is 10.2. The molecule has 26 heavy (non-hydrogen) atoms. The van der Waals surface area contributed by atoms with Crippen LogP contribution < -0.4 is 0 Å². The third-order valence-corrected chi connectivity index (χ3v) is 6.31. The van der Waals surface area contributed by atoms with Crippen LogP contribution in [0, 0.1) is 17.8 Å². The van der Waals surface area contributed by atoms with Crippen LogP contribution >= 0.6 is 0 Å². The second-order valence-corrected chi connectivity index (χ2v) is 8.60. The van der Waals surface area contributed by atoms with Crippen molar-refractivity contribution >= 4 is 0 Å². The lowest BCUT2D eigenvalue weighted by Crippen LogP contribution is -2.18. The highest BCUT2D eigenvalue weighted by atomic mass is 14.3. The van der Waals surface area contributed by atoms with E-state index in [2.05, 4.69) is 76.2 Å². The fraction of sp³-hybridized carbons (Fsp3) is 0.538. The van der Waals surface area contributed by atoms with E-state index in [-0.39, 0.29) is 7.43 Å². The Hall–Kier alpha value is -1.56. The largest absolute Gasteiger partial charge is 0.0776 e. The molecule has 0 spiro atoms. The van der Waals surface area contributed by atoms with Gasteiger partial charge in [0.05, 0.1) is 0 Å². The van der Waals surface area contributed by atoms with Gasteiger partial charge in [-0.15, -0.1) is 0 Å². The molecule has 0 aromatic heterocycles. The Bertz CT molecular complexity index is 680. The molecular formula is C26H38. The van der Waals surface area contributed by atoms with Gasteiger partial charge < -0.3 is 0 Å². The van der Waals surface area contributed by atoms with Crippen LogP contribution in [0.3, 0.4) is 0 Å². The Balaban J connectivity index is 0.000000180. The van der Waals surface area contributed by atoms with Crippen LogP contribution in [0.1, 0.15) is 76.1 Å². The molecule has 0 heterocycles. The molecule has 0 nitrogen and oxygen atoms in total. The molecule has 2 aliphatic rings. The molecule has 2 aromatic carbocycles. The molecule has 0 bridgehead atoms. The van der Waals surface area contributed by atoms with Gasteiger partial charge >= 0.3 is 0 Å². The first kappa shape index (κ1) is 20.7. The zero-order chi connectivity index (χ0) is 17.8. The van der Waals surface area contributed by atoms with Crippen molar-refractivity contribution in [2.45, 2.75) is 73.1 Å². The standard InChI is InChI=1S/C13H18.C12H16.CH4/c1-10(2)12-8-7-11-5-3-4-6-13(11)9-12;1-9(2)11-8-7-10-5-3-4-6-12(10)11;/h3-6,10,12H,7-9H2,1-2H3;3-6,9,11H,7-8H2,1-2H3;1H4. The average molecular weight is 351 g/mol. The fourth-order valence-electron chi connectivity index (χ4n) is 4.58. The predicted molar refractivity (Wildman–Crippen MR) is 116 cm³/mol. The summed E-state index contributed by atoms with van der Waals surface area (Å²) in [6.07, 6.45) is 6.62. The van der Waals surface area contributed by atoms with Crippen molar-refractivity contribution in [3.8, 4) is 0 Å². The van der Waals surface area contributed by atoms with Gasteiger partial charge in [-0.25, -0.2) is 0 Å². The fourth-order valence-corrected chi connectivity index (χ4v) is 4.58. The van der Waals surface area contributed by atoms with E-state index in [9.17, 15) is 0 Å². The predicted octanol–water partition coefficient (Wildman–Crippen LogP) is 7.46. The Morgan fingerprint density at radius 2 is 1.27 bits per heavy atom. The first-order chi connectivity index (χ1) is 12.1. The van der Waals surface area contributed by atoms with Crippen molar-refractivity contribution in [1.82, 2.24) is 0 Å². The summed E-state index contributed by atoms with van der Waals surface area (Å²) in [5.74, 6) is 3.37. The number of benzene rings is 2. The molecule has 0 N–H and O–H groups in total. The number of rotatable bonds is 2. The number of hydrogen-bond acceptors (Lipinski definition) is 0. The first-order valence-corrected chi connectivity index (χ1v) is 10.2. The number of hydrogen-bond donors (Lipinski definition) is 0. The van der Waals surface area contributed by atoms with Gasteiger partial charge in [-0.1, -0.05) is 83.7 Å². The SMILES string of the molecule is C.CC(C)C1CCc2ccccc21.CC(C)C1CCc2ccccc2C1. The number of aryl methyl sites for hydroxylation is 2. The van der Waals surface area contributed by atoms with Crippen molar-refractivity contribution in [2.24, 2.45) is 17.8 Å². The molecule has 0 radical (unpaired) electrons. The molecule has 0 heteroatoms. The van der Waals surface area contributed by atoms with Crippen molar-refractivity contribution in [3.05, 3.63) is 70.8 Å². The van der Waals surface area contributed by atoms with E-state index in [1.807, 2.05) is 0 Å². The summed E-state index contributed by atoms with van der Waals surface area (Å²) >= 11 is 0. The Kier molecular flexibility index (Phi) is 7.50. The van der Waals surface area contributed by atoms with Crippen molar-refractivity contribution < 1.29 is 0 Å². The summed E-state index contributed by atoms with van der Waals surface area (Å²) in [6, 6.07) is 17.8. The monoisotopic (exact) mass is 350 g/mol. The van der Waals surface area contributed by atoms with E-state index in [1.54, 1.807) is 22.3 Å². The van der Waals surface area contributed by atoms with Crippen LogP contribution in [0.15, 0.2) is 48.5 Å². The van der Waals surface area contributed by atoms with Gasteiger partial charge in [0.2, 0.25) is 0 Å². The van der Waals surface area contributed by atoms with Crippen molar-refractivity contribution in [3.63, 3.8) is 0 Å². The summed E-state index contributed by atoms with van der Waals surface area (Å²) in [6.45, 7) is 9.34. The second-order valence-electron chi connectivity index (χ2n) is 8.60. The molecule has 0 fully saturated rings. The van der Waals surface area contributed by atoms with Gasteiger partial charge in [0.15, 0.2) is 0 Å². The average Bonchev–Trinajstić information content (AvgIpc) is 3.06. The molecule has 0 saturated heterocycles. The minimum absolute atomic E-state index is 0. The summed E-state index contributed by atoms with van der Waals surface area (Å²) < 4.78 is 0. The lowest BCUT2D eigenvalue weighted by atomic mass is 9.78. The number of fused-ring (bicyclic) bond motifs is 2. The molecule has 2 aromatic rings. The summed E-state index contributed by atoms with van der Waals surface area (Å²) in [5.41, 5.74) is 6.36. The molecular weight excluding hydrogens is 312 g/mol. The molecule has 142 valence electrons. The topological polar surface area (TPSA) is 0 Å². The van der Waals surface area contributed by atoms with Crippen molar-refractivity contribution in [1.29, 1.82) is 0 Å². The van der Waals surface area contributed by atoms with E-state index in [0.717, 1.165) is 23.7 Å². The zero-order valence-corrected chi connectivity index (χ0v) is 16.5.